The lowest BCUT2D eigenvalue weighted by atomic mass is 10.1. The maximum Gasteiger partial charge on any atom is 0.243 e. The number of ketones is 1. The number of sulfonamides is 1. The second-order valence-corrected chi connectivity index (χ2v) is 8.28. The van der Waals surface area contributed by atoms with Crippen molar-refractivity contribution in [2.45, 2.75) is 17.9 Å². The summed E-state index contributed by atoms with van der Waals surface area (Å²) in [5.41, 5.74) is 0.514. The normalized spacial score (nSPS) is 16.4. The van der Waals surface area contributed by atoms with Crippen LogP contribution < -0.4 is 9.47 Å². The third-order valence-corrected chi connectivity index (χ3v) is 6.40. The first-order valence-corrected chi connectivity index (χ1v) is 10.4. The molecule has 1 aliphatic heterocycles. The quantitative estimate of drug-likeness (QED) is 0.658. The number of benzene rings is 2. The van der Waals surface area contributed by atoms with Crippen molar-refractivity contribution in [3.8, 4) is 11.5 Å². The van der Waals surface area contributed by atoms with Gasteiger partial charge in [-0.3, -0.25) is 4.79 Å². The highest BCUT2D eigenvalue weighted by atomic mass is 32.2. The predicted octanol–water partition coefficient (Wildman–Crippen LogP) is 2.37. The molecule has 0 saturated carbocycles. The molecule has 7 nitrogen and oxygen atoms in total. The van der Waals surface area contributed by atoms with Gasteiger partial charge >= 0.3 is 0 Å². The van der Waals surface area contributed by atoms with Crippen LogP contribution in [0.15, 0.2) is 53.4 Å². The molecular formula is C20H23NO6S. The molecule has 2 aromatic carbocycles. The van der Waals surface area contributed by atoms with Crippen LogP contribution in [0.3, 0.4) is 0 Å². The number of methoxy groups -OCH3 is 1. The zero-order valence-electron chi connectivity index (χ0n) is 15.8. The molecule has 150 valence electrons. The summed E-state index contributed by atoms with van der Waals surface area (Å²) in [6, 6.07) is 12.9. The molecule has 1 heterocycles. The molecule has 1 saturated heterocycles. The van der Waals surface area contributed by atoms with E-state index in [9.17, 15) is 13.2 Å². The molecule has 28 heavy (non-hydrogen) atoms. The van der Waals surface area contributed by atoms with Crippen molar-refractivity contribution in [2.24, 2.45) is 0 Å². The highest BCUT2D eigenvalue weighted by Gasteiger charge is 2.26. The van der Waals surface area contributed by atoms with Crippen molar-refractivity contribution >= 4 is 15.8 Å². The van der Waals surface area contributed by atoms with E-state index < -0.39 is 16.1 Å². The zero-order chi connectivity index (χ0) is 20.1. The number of carbonyl (C=O) groups excluding carboxylic acids is 1. The van der Waals surface area contributed by atoms with Crippen molar-refractivity contribution in [2.75, 3.05) is 33.4 Å². The Morgan fingerprint density at radius 3 is 2.14 bits per heavy atom. The number of hydrogen-bond acceptors (Lipinski definition) is 6. The van der Waals surface area contributed by atoms with Gasteiger partial charge in [0.05, 0.1) is 25.2 Å². The molecule has 0 unspecified atom stereocenters. The van der Waals surface area contributed by atoms with Crippen LogP contribution in [-0.2, 0) is 14.8 Å². The smallest absolute Gasteiger partial charge is 0.243 e. The van der Waals surface area contributed by atoms with Gasteiger partial charge in [-0.2, -0.15) is 4.31 Å². The first kappa shape index (κ1) is 20.3. The SMILES string of the molecule is COc1ccc(C(=O)[C@H](C)Oc2ccc(S(=O)(=O)N3CCOCC3)cc2)cc1. The zero-order valence-corrected chi connectivity index (χ0v) is 16.6. The number of morpholine rings is 1. The van der Waals surface area contributed by atoms with E-state index in [0.29, 0.717) is 43.4 Å². The van der Waals surface area contributed by atoms with Crippen molar-refractivity contribution in [1.82, 2.24) is 4.31 Å². The van der Waals surface area contributed by atoms with Crippen LogP contribution in [0.1, 0.15) is 17.3 Å². The van der Waals surface area contributed by atoms with Gasteiger partial charge in [0, 0.05) is 18.7 Å². The topological polar surface area (TPSA) is 82.1 Å². The van der Waals surface area contributed by atoms with Crippen molar-refractivity contribution in [3.05, 3.63) is 54.1 Å². The number of carbonyl (C=O) groups is 1. The summed E-state index contributed by atoms with van der Waals surface area (Å²) >= 11 is 0. The van der Waals surface area contributed by atoms with Crippen LogP contribution in [0.25, 0.3) is 0 Å². The van der Waals surface area contributed by atoms with Crippen LogP contribution in [-0.4, -0.2) is 58.0 Å². The van der Waals surface area contributed by atoms with Gasteiger partial charge in [0.25, 0.3) is 0 Å². The third kappa shape index (κ3) is 4.52. The molecule has 0 amide bonds. The highest BCUT2D eigenvalue weighted by molar-refractivity contribution is 7.89. The predicted molar refractivity (Wildman–Crippen MR) is 103 cm³/mol. The molecule has 1 atom stereocenters. The molecule has 0 N–H and O–H groups in total. The van der Waals surface area contributed by atoms with Gasteiger partial charge in [-0.05, 0) is 55.5 Å². The van der Waals surface area contributed by atoms with Crippen molar-refractivity contribution < 1.29 is 27.4 Å². The number of Topliss-reactive ketones (excluding diaryl/α,β-unsaturated/α-hetero) is 1. The number of rotatable bonds is 7. The van der Waals surface area contributed by atoms with Gasteiger partial charge in [-0.15, -0.1) is 0 Å². The molecule has 1 aliphatic rings. The molecule has 0 aromatic heterocycles. The summed E-state index contributed by atoms with van der Waals surface area (Å²) in [6.45, 7) is 3.13. The Hall–Kier alpha value is -2.42. The molecule has 8 heteroatoms. The van der Waals surface area contributed by atoms with Gasteiger partial charge in [-0.25, -0.2) is 8.42 Å². The summed E-state index contributed by atoms with van der Waals surface area (Å²) in [4.78, 5) is 12.7. The van der Waals surface area contributed by atoms with E-state index in [1.807, 2.05) is 0 Å². The van der Waals surface area contributed by atoms with Crippen LogP contribution in [0.2, 0.25) is 0 Å². The maximum absolute atomic E-state index is 12.6. The van der Waals surface area contributed by atoms with Crippen molar-refractivity contribution in [1.29, 1.82) is 0 Å². The Morgan fingerprint density at radius 1 is 1.00 bits per heavy atom. The van der Waals surface area contributed by atoms with Crippen LogP contribution >= 0.6 is 0 Å². The fourth-order valence-electron chi connectivity index (χ4n) is 2.87. The van der Waals surface area contributed by atoms with E-state index in [1.54, 1.807) is 50.4 Å². The number of ether oxygens (including phenoxy) is 3. The van der Waals surface area contributed by atoms with E-state index in [1.165, 1.54) is 16.4 Å². The molecule has 0 aliphatic carbocycles. The van der Waals surface area contributed by atoms with E-state index in [4.69, 9.17) is 14.2 Å². The largest absolute Gasteiger partial charge is 0.497 e. The number of nitrogens with zero attached hydrogens (tertiary/aromatic N) is 1. The summed E-state index contributed by atoms with van der Waals surface area (Å²) in [7, 11) is -1.99. The van der Waals surface area contributed by atoms with Gasteiger partial charge in [0.2, 0.25) is 15.8 Å². The Labute approximate surface area is 164 Å². The second kappa shape index (κ2) is 8.72. The molecule has 0 spiro atoms. The van der Waals surface area contributed by atoms with E-state index >= 15 is 0 Å². The van der Waals surface area contributed by atoms with Crippen LogP contribution in [0, 0.1) is 0 Å². The minimum Gasteiger partial charge on any atom is -0.497 e. The number of hydrogen-bond donors (Lipinski definition) is 0. The van der Waals surface area contributed by atoms with Crippen molar-refractivity contribution in [3.63, 3.8) is 0 Å². The van der Waals surface area contributed by atoms with Gasteiger partial charge in [0.15, 0.2) is 6.10 Å². The van der Waals surface area contributed by atoms with Gasteiger partial charge < -0.3 is 14.2 Å². The van der Waals surface area contributed by atoms with E-state index in [0.717, 1.165) is 0 Å². The lowest BCUT2D eigenvalue weighted by Gasteiger charge is -2.26. The summed E-state index contributed by atoms with van der Waals surface area (Å²) in [6.07, 6.45) is -0.713. The Kier molecular flexibility index (Phi) is 6.33. The van der Waals surface area contributed by atoms with Crippen LogP contribution in [0.4, 0.5) is 0 Å². The molecule has 0 bridgehead atoms. The molecule has 0 radical (unpaired) electrons. The fraction of sp³-hybridized carbons (Fsp3) is 0.350. The van der Waals surface area contributed by atoms with Gasteiger partial charge in [0.1, 0.15) is 11.5 Å². The highest BCUT2D eigenvalue weighted by Crippen LogP contribution is 2.22. The summed E-state index contributed by atoms with van der Waals surface area (Å²) < 4.78 is 42.6. The Bertz CT molecular complexity index is 903. The first-order valence-electron chi connectivity index (χ1n) is 8.94. The maximum atomic E-state index is 12.6. The lowest BCUT2D eigenvalue weighted by molar-refractivity contribution is 0.0730. The molecule has 1 fully saturated rings. The standard InChI is InChI=1S/C20H23NO6S/c1-15(20(22)16-3-5-17(25-2)6-4-16)27-18-7-9-19(10-8-18)28(23,24)21-11-13-26-14-12-21/h3-10,15H,11-14H2,1-2H3/t15-/m0/s1. The molecule has 2 aromatic rings. The Morgan fingerprint density at radius 2 is 1.57 bits per heavy atom. The minimum absolute atomic E-state index is 0.173. The minimum atomic E-state index is -3.55. The Balaban J connectivity index is 1.66. The molecule has 3 rings (SSSR count). The second-order valence-electron chi connectivity index (χ2n) is 6.34. The fourth-order valence-corrected chi connectivity index (χ4v) is 4.28. The summed E-state index contributed by atoms with van der Waals surface area (Å²) in [5, 5.41) is 0. The van der Waals surface area contributed by atoms with Crippen LogP contribution in [0.5, 0.6) is 11.5 Å². The lowest BCUT2D eigenvalue weighted by Crippen LogP contribution is -2.40. The third-order valence-electron chi connectivity index (χ3n) is 4.49. The average molecular weight is 405 g/mol. The van der Waals surface area contributed by atoms with E-state index in [-0.39, 0.29) is 10.7 Å². The van der Waals surface area contributed by atoms with E-state index in [2.05, 4.69) is 0 Å². The molecular weight excluding hydrogens is 382 g/mol. The summed E-state index contributed by atoms with van der Waals surface area (Å²) in [5.74, 6) is 0.921. The average Bonchev–Trinajstić information content (AvgIpc) is 2.74. The monoisotopic (exact) mass is 405 g/mol. The first-order chi connectivity index (χ1) is 13.4. The van der Waals surface area contributed by atoms with Gasteiger partial charge in [-0.1, -0.05) is 0 Å².